The van der Waals surface area contributed by atoms with Crippen molar-refractivity contribution in [2.75, 3.05) is 27.2 Å². The topological polar surface area (TPSA) is 51.4 Å². The predicted octanol–water partition coefficient (Wildman–Crippen LogP) is 4.54. The second-order valence-electron chi connectivity index (χ2n) is 8.49. The number of H-pyrrole nitrogens is 1. The molecule has 1 unspecified atom stereocenters. The number of fused-ring (bicyclic) bond motifs is 2. The minimum atomic E-state index is 0.0185. The number of hydrogen-bond donors (Lipinski definition) is 2. The highest BCUT2D eigenvalue weighted by molar-refractivity contribution is 6.05. The summed E-state index contributed by atoms with van der Waals surface area (Å²) in [7, 11) is 4.17. The van der Waals surface area contributed by atoms with Crippen molar-refractivity contribution in [3.05, 3.63) is 58.7 Å². The van der Waals surface area contributed by atoms with Gasteiger partial charge in [0.05, 0.1) is 5.56 Å². The van der Waals surface area contributed by atoms with Crippen molar-refractivity contribution < 1.29 is 4.79 Å². The second-order valence-corrected chi connectivity index (χ2v) is 8.49. The van der Waals surface area contributed by atoms with Crippen molar-refractivity contribution in [1.29, 1.82) is 0 Å². The number of aromatic nitrogens is 1. The number of benzene rings is 2. The molecule has 0 saturated heterocycles. The van der Waals surface area contributed by atoms with E-state index >= 15 is 0 Å². The van der Waals surface area contributed by atoms with E-state index in [4.69, 9.17) is 0 Å². The molecule has 0 bridgehead atoms. The third-order valence-corrected chi connectivity index (χ3v) is 6.44. The molecule has 1 atom stereocenters. The maximum absolute atomic E-state index is 12.6. The van der Waals surface area contributed by atoms with Gasteiger partial charge in [-0.1, -0.05) is 26.0 Å². The first kappa shape index (κ1) is 20.6. The number of amides is 1. The zero-order valence-corrected chi connectivity index (χ0v) is 18.7. The van der Waals surface area contributed by atoms with Gasteiger partial charge in [-0.25, -0.2) is 0 Å². The van der Waals surface area contributed by atoms with E-state index in [0.717, 1.165) is 47.5 Å². The number of nitrogens with one attached hydrogen (secondary N) is 2. The van der Waals surface area contributed by atoms with Gasteiger partial charge in [0.2, 0.25) is 0 Å². The van der Waals surface area contributed by atoms with Gasteiger partial charge in [0.1, 0.15) is 0 Å². The molecule has 1 amide bonds. The normalized spacial score (nSPS) is 14.6. The van der Waals surface area contributed by atoms with Crippen LogP contribution in [0, 0.1) is 0 Å². The lowest BCUT2D eigenvalue weighted by molar-refractivity contribution is 0.0966. The molecule has 158 valence electrons. The zero-order chi connectivity index (χ0) is 21.4. The summed E-state index contributed by atoms with van der Waals surface area (Å²) in [4.78, 5) is 20.8. The van der Waals surface area contributed by atoms with Crippen LogP contribution < -0.4 is 5.32 Å². The predicted molar refractivity (Wildman–Crippen MR) is 124 cm³/mol. The number of nitrogens with zero attached hydrogens (tertiary/aromatic N) is 2. The first-order valence-electron chi connectivity index (χ1n) is 10.9. The maximum Gasteiger partial charge on any atom is 0.252 e. The Morgan fingerprint density at radius 2 is 1.83 bits per heavy atom. The molecule has 30 heavy (non-hydrogen) atoms. The minimum Gasteiger partial charge on any atom is -0.355 e. The summed E-state index contributed by atoms with van der Waals surface area (Å²) >= 11 is 0. The quantitative estimate of drug-likeness (QED) is 0.608. The number of hydrogen-bond acceptors (Lipinski definition) is 3. The summed E-state index contributed by atoms with van der Waals surface area (Å²) in [6.45, 7) is 10.2. The summed E-state index contributed by atoms with van der Waals surface area (Å²) in [6.07, 6.45) is 0. The van der Waals surface area contributed by atoms with Crippen molar-refractivity contribution in [3.8, 4) is 11.3 Å². The molecule has 2 aromatic carbocycles. The van der Waals surface area contributed by atoms with Gasteiger partial charge in [-0.2, -0.15) is 0 Å². The Kier molecular flexibility index (Phi) is 5.67. The van der Waals surface area contributed by atoms with Crippen LogP contribution in [0.3, 0.4) is 0 Å². The lowest BCUT2D eigenvalue weighted by Gasteiger charge is -2.21. The van der Waals surface area contributed by atoms with E-state index in [2.05, 4.69) is 91.4 Å². The van der Waals surface area contributed by atoms with Crippen molar-refractivity contribution in [2.45, 2.75) is 39.9 Å². The van der Waals surface area contributed by atoms with Crippen LogP contribution in [-0.2, 0) is 13.1 Å². The van der Waals surface area contributed by atoms with Crippen LogP contribution in [0.15, 0.2) is 36.4 Å². The van der Waals surface area contributed by atoms with Crippen LogP contribution >= 0.6 is 0 Å². The van der Waals surface area contributed by atoms with Gasteiger partial charge in [0, 0.05) is 41.3 Å². The van der Waals surface area contributed by atoms with Gasteiger partial charge in [-0.3, -0.25) is 9.69 Å². The molecule has 0 radical (unpaired) electrons. The third-order valence-electron chi connectivity index (χ3n) is 6.44. The Labute approximate surface area is 179 Å². The zero-order valence-electron chi connectivity index (χ0n) is 18.7. The third kappa shape index (κ3) is 3.75. The Hall–Kier alpha value is -2.63. The highest BCUT2D eigenvalue weighted by Gasteiger charge is 2.26. The molecule has 1 aromatic heterocycles. The summed E-state index contributed by atoms with van der Waals surface area (Å²) in [6, 6.07) is 13.4. The van der Waals surface area contributed by atoms with Crippen molar-refractivity contribution in [3.63, 3.8) is 0 Å². The van der Waals surface area contributed by atoms with Gasteiger partial charge in [0.25, 0.3) is 5.91 Å². The summed E-state index contributed by atoms with van der Waals surface area (Å²) in [5.74, 6) is 0.0185. The van der Waals surface area contributed by atoms with Crippen molar-refractivity contribution in [2.24, 2.45) is 0 Å². The van der Waals surface area contributed by atoms with E-state index in [-0.39, 0.29) is 11.9 Å². The molecule has 2 heterocycles. The van der Waals surface area contributed by atoms with Gasteiger partial charge in [-0.05, 0) is 75.1 Å². The molecular formula is C25H32N4O. The smallest absolute Gasteiger partial charge is 0.252 e. The standard InChI is InChI=1S/C25H32N4O/c1-6-29(7-2)15-17-8-9-22-19(10-17)13-23(27-22)21-12-18(16(3)28(4)5)11-20-14-26-25(30)24(20)21/h8-13,16,27H,6-7,14-15H2,1-5H3,(H,26,30). The molecule has 0 fully saturated rings. The van der Waals surface area contributed by atoms with Crippen LogP contribution in [0.2, 0.25) is 0 Å². The van der Waals surface area contributed by atoms with Crippen LogP contribution in [0.4, 0.5) is 0 Å². The molecule has 5 heteroatoms. The fourth-order valence-electron chi connectivity index (χ4n) is 4.28. The highest BCUT2D eigenvalue weighted by atomic mass is 16.1. The van der Waals surface area contributed by atoms with Crippen LogP contribution in [0.25, 0.3) is 22.2 Å². The SMILES string of the molecule is CCN(CC)Cc1ccc2[nH]c(-c3cc(C(C)N(C)C)cc4c3C(=O)NC4)cc2c1. The van der Waals surface area contributed by atoms with Crippen LogP contribution in [-0.4, -0.2) is 47.9 Å². The second kappa shape index (κ2) is 8.25. The fourth-order valence-corrected chi connectivity index (χ4v) is 4.28. The fraction of sp³-hybridized carbons (Fsp3) is 0.400. The molecule has 1 aliphatic rings. The molecular weight excluding hydrogens is 372 g/mol. The average Bonchev–Trinajstić information content (AvgIpc) is 3.34. The van der Waals surface area contributed by atoms with Gasteiger partial charge < -0.3 is 15.2 Å². The molecule has 3 aromatic rings. The molecule has 1 aliphatic heterocycles. The molecule has 2 N–H and O–H groups in total. The summed E-state index contributed by atoms with van der Waals surface area (Å²) in [5.41, 5.74) is 7.54. The summed E-state index contributed by atoms with van der Waals surface area (Å²) < 4.78 is 0. The lowest BCUT2D eigenvalue weighted by atomic mass is 9.94. The van der Waals surface area contributed by atoms with Crippen LogP contribution in [0.5, 0.6) is 0 Å². The van der Waals surface area contributed by atoms with E-state index < -0.39 is 0 Å². The molecule has 5 nitrogen and oxygen atoms in total. The largest absolute Gasteiger partial charge is 0.355 e. The van der Waals surface area contributed by atoms with E-state index in [1.807, 2.05) is 0 Å². The number of rotatable bonds is 7. The van der Waals surface area contributed by atoms with Crippen molar-refractivity contribution >= 4 is 16.8 Å². The Balaban J connectivity index is 1.78. The first-order valence-corrected chi connectivity index (χ1v) is 10.9. The van der Waals surface area contributed by atoms with Gasteiger partial charge >= 0.3 is 0 Å². The maximum atomic E-state index is 12.6. The molecule has 0 aliphatic carbocycles. The Bertz CT molecular complexity index is 1080. The van der Waals surface area contributed by atoms with Crippen LogP contribution in [0.1, 0.15) is 53.9 Å². The Morgan fingerprint density at radius 1 is 1.07 bits per heavy atom. The molecule has 4 rings (SSSR count). The molecule has 0 saturated carbocycles. The molecule has 0 spiro atoms. The first-order chi connectivity index (χ1) is 14.4. The number of carbonyl (C=O) groups excluding carboxylic acids is 1. The van der Waals surface area contributed by atoms with Gasteiger partial charge in [-0.15, -0.1) is 0 Å². The minimum absolute atomic E-state index is 0.0185. The van der Waals surface area contributed by atoms with Gasteiger partial charge in [0.15, 0.2) is 0 Å². The average molecular weight is 405 g/mol. The number of carbonyl (C=O) groups is 1. The Morgan fingerprint density at radius 3 is 2.53 bits per heavy atom. The van der Waals surface area contributed by atoms with E-state index in [9.17, 15) is 4.79 Å². The van der Waals surface area contributed by atoms with E-state index in [1.54, 1.807) is 0 Å². The summed E-state index contributed by atoms with van der Waals surface area (Å²) in [5, 5.41) is 4.18. The monoisotopic (exact) mass is 404 g/mol. The van der Waals surface area contributed by atoms with E-state index in [1.165, 1.54) is 16.5 Å². The van der Waals surface area contributed by atoms with Crippen molar-refractivity contribution in [1.82, 2.24) is 20.1 Å². The number of aromatic amines is 1. The van der Waals surface area contributed by atoms with E-state index in [0.29, 0.717) is 6.54 Å². The lowest BCUT2D eigenvalue weighted by Crippen LogP contribution is -2.21. The highest BCUT2D eigenvalue weighted by Crippen LogP contribution is 2.35.